The van der Waals surface area contributed by atoms with Gasteiger partial charge in [-0.05, 0) is 66.7 Å². The maximum Gasteiger partial charge on any atom is 0.329 e. The van der Waals surface area contributed by atoms with Gasteiger partial charge in [0.2, 0.25) is 11.8 Å². The van der Waals surface area contributed by atoms with Crippen LogP contribution in [0, 0.1) is 41.4 Å². The second kappa shape index (κ2) is 8.12. The largest absolute Gasteiger partial charge is 0.497 e. The molecule has 1 saturated heterocycles. The maximum atomic E-state index is 13.4. The Bertz CT molecular complexity index is 992. The maximum absolute atomic E-state index is 13.4. The summed E-state index contributed by atoms with van der Waals surface area (Å²) in [5, 5.41) is 0. The lowest BCUT2D eigenvalue weighted by Gasteiger charge is -2.37. The molecule has 0 unspecified atom stereocenters. The summed E-state index contributed by atoms with van der Waals surface area (Å²) in [6.45, 7) is 3.42. The van der Waals surface area contributed by atoms with E-state index in [1.807, 2.05) is 13.8 Å². The fraction of sp³-hybridized carbons (Fsp3) is 0.538. The lowest BCUT2D eigenvalue weighted by atomic mass is 9.63. The van der Waals surface area contributed by atoms with E-state index in [2.05, 4.69) is 12.2 Å². The molecule has 2 bridgehead atoms. The number of methoxy groups -OCH3 is 1. The van der Waals surface area contributed by atoms with Crippen molar-refractivity contribution in [1.29, 1.82) is 0 Å². The van der Waals surface area contributed by atoms with E-state index in [0.29, 0.717) is 29.6 Å². The average molecular weight is 452 g/mol. The smallest absolute Gasteiger partial charge is 0.329 e. The molecule has 7 atom stereocenters. The fourth-order valence-electron chi connectivity index (χ4n) is 6.13. The molecule has 5 aliphatic rings. The molecule has 1 heterocycles. The van der Waals surface area contributed by atoms with Gasteiger partial charge in [0.25, 0.3) is 0 Å². The predicted molar refractivity (Wildman–Crippen MR) is 118 cm³/mol. The van der Waals surface area contributed by atoms with E-state index in [9.17, 15) is 19.2 Å². The Labute approximate surface area is 193 Å². The summed E-state index contributed by atoms with van der Waals surface area (Å²) in [6.07, 6.45) is 5.61. The first-order valence-corrected chi connectivity index (χ1v) is 11.7. The molecule has 6 rings (SSSR count). The molecule has 2 amide bonds. The van der Waals surface area contributed by atoms with E-state index in [1.165, 1.54) is 12.0 Å². The molecule has 3 fully saturated rings. The van der Waals surface area contributed by atoms with Gasteiger partial charge < -0.3 is 9.47 Å². The monoisotopic (exact) mass is 451 g/mol. The molecule has 2 saturated carbocycles. The molecule has 0 N–H and O–H groups in total. The topological polar surface area (TPSA) is 90.0 Å². The average Bonchev–Trinajstić information content (AvgIpc) is 3.59. The Hall–Kier alpha value is -2.96. The third-order valence-electron chi connectivity index (χ3n) is 7.73. The van der Waals surface area contributed by atoms with Gasteiger partial charge in [0.15, 0.2) is 12.4 Å². The van der Waals surface area contributed by atoms with Crippen molar-refractivity contribution in [2.75, 3.05) is 13.7 Å². The number of carbonyl (C=O) groups is 4. The number of hydrogen-bond donors (Lipinski definition) is 0. The van der Waals surface area contributed by atoms with Gasteiger partial charge in [0.1, 0.15) is 11.8 Å². The zero-order chi connectivity index (χ0) is 23.4. The Morgan fingerprint density at radius 1 is 1.00 bits per heavy atom. The van der Waals surface area contributed by atoms with Crippen LogP contribution in [-0.4, -0.2) is 48.2 Å². The van der Waals surface area contributed by atoms with Crippen molar-refractivity contribution < 1.29 is 28.7 Å². The summed E-state index contributed by atoms with van der Waals surface area (Å²) in [6, 6.07) is 5.52. The molecule has 7 heteroatoms. The molecule has 174 valence electrons. The Morgan fingerprint density at radius 3 is 2.09 bits per heavy atom. The summed E-state index contributed by atoms with van der Waals surface area (Å²) in [5.41, 5.74) is 0.394. The minimum absolute atomic E-state index is 0.0614. The molecule has 1 aliphatic heterocycles. The van der Waals surface area contributed by atoms with Crippen LogP contribution in [0.4, 0.5) is 0 Å². The number of amides is 2. The highest BCUT2D eigenvalue weighted by Crippen LogP contribution is 2.65. The Balaban J connectivity index is 1.31. The van der Waals surface area contributed by atoms with Crippen LogP contribution < -0.4 is 4.74 Å². The molecule has 0 aromatic heterocycles. The van der Waals surface area contributed by atoms with Gasteiger partial charge >= 0.3 is 5.97 Å². The minimum Gasteiger partial charge on any atom is -0.497 e. The number of Topliss-reactive ketones (excluding diaryl/α,β-unsaturated/α-hetero) is 1. The number of hydrogen-bond acceptors (Lipinski definition) is 6. The first-order valence-electron chi connectivity index (χ1n) is 11.7. The van der Waals surface area contributed by atoms with E-state index in [1.54, 1.807) is 24.3 Å². The zero-order valence-electron chi connectivity index (χ0n) is 19.1. The Morgan fingerprint density at radius 2 is 1.58 bits per heavy atom. The van der Waals surface area contributed by atoms with Crippen LogP contribution in [0.25, 0.3) is 0 Å². The number of nitrogens with zero attached hydrogens (tertiary/aromatic N) is 1. The van der Waals surface area contributed by atoms with Crippen LogP contribution >= 0.6 is 0 Å². The van der Waals surface area contributed by atoms with Crippen molar-refractivity contribution >= 4 is 23.6 Å². The normalized spacial score (nSPS) is 31.9. The highest BCUT2D eigenvalue weighted by Gasteiger charge is 2.68. The summed E-state index contributed by atoms with van der Waals surface area (Å²) in [5.74, 6) is -0.415. The molecule has 1 aromatic carbocycles. The van der Waals surface area contributed by atoms with Gasteiger partial charge in [-0.2, -0.15) is 0 Å². The lowest BCUT2D eigenvalue weighted by molar-refractivity contribution is -0.159. The first-order chi connectivity index (χ1) is 15.8. The van der Waals surface area contributed by atoms with Crippen LogP contribution in [0.15, 0.2) is 36.4 Å². The molecule has 7 nitrogen and oxygen atoms in total. The van der Waals surface area contributed by atoms with Crippen LogP contribution in [-0.2, 0) is 19.1 Å². The van der Waals surface area contributed by atoms with E-state index in [-0.39, 0.29) is 47.2 Å². The molecular weight excluding hydrogens is 422 g/mol. The van der Waals surface area contributed by atoms with Gasteiger partial charge in [-0.15, -0.1) is 0 Å². The van der Waals surface area contributed by atoms with Crippen molar-refractivity contribution in [2.45, 2.75) is 32.7 Å². The molecular formula is C26H29NO6. The zero-order valence-corrected chi connectivity index (χ0v) is 19.1. The summed E-state index contributed by atoms with van der Waals surface area (Å²) in [7, 11) is 1.54. The van der Waals surface area contributed by atoms with E-state index >= 15 is 0 Å². The van der Waals surface area contributed by atoms with Gasteiger partial charge in [-0.3, -0.25) is 19.3 Å². The van der Waals surface area contributed by atoms with Gasteiger partial charge in [0, 0.05) is 5.56 Å². The summed E-state index contributed by atoms with van der Waals surface area (Å²) in [4.78, 5) is 53.7. The number of benzene rings is 1. The second-order valence-electron chi connectivity index (χ2n) is 10.1. The molecule has 0 spiro atoms. The van der Waals surface area contributed by atoms with E-state index in [0.717, 1.165) is 6.42 Å². The standard InChI is InChI=1S/C26H29NO6/c1-13(2)10-20(26(31)33-12-21(28)14-4-6-15(32-3)7-5-14)27-24(29)22-16-8-9-17(19-11-18(16)19)23(22)25(27)30/h4-9,13,16-20,22-23H,10-12H2,1-3H3/t16-,17-,18-,19-,20+,22+,23+/m1/s1. The summed E-state index contributed by atoms with van der Waals surface area (Å²) >= 11 is 0. The number of carbonyl (C=O) groups excluding carboxylic acids is 4. The summed E-state index contributed by atoms with van der Waals surface area (Å²) < 4.78 is 10.4. The Kier molecular flexibility index (Phi) is 5.38. The number of imide groups is 1. The van der Waals surface area contributed by atoms with Crippen molar-refractivity contribution in [2.24, 2.45) is 41.4 Å². The van der Waals surface area contributed by atoms with Gasteiger partial charge in [-0.1, -0.05) is 26.0 Å². The second-order valence-corrected chi connectivity index (χ2v) is 10.1. The molecule has 1 aromatic rings. The fourth-order valence-corrected chi connectivity index (χ4v) is 6.13. The quantitative estimate of drug-likeness (QED) is 0.261. The number of ketones is 1. The van der Waals surface area contributed by atoms with Gasteiger partial charge in [-0.25, -0.2) is 4.79 Å². The SMILES string of the molecule is COc1ccc(C(=O)COC(=O)[C@H](CC(C)C)N2C(=O)[C@H]3[C@@H]4C=C[C@H]([C@H]5C[C@H]45)[C@@H]3C2=O)cc1. The van der Waals surface area contributed by atoms with Crippen molar-refractivity contribution in [3.05, 3.63) is 42.0 Å². The van der Waals surface area contributed by atoms with Crippen LogP contribution in [0.5, 0.6) is 5.75 Å². The number of ether oxygens (including phenoxy) is 2. The molecule has 4 aliphatic carbocycles. The third kappa shape index (κ3) is 3.58. The number of likely N-dealkylation sites (tertiary alicyclic amines) is 1. The van der Waals surface area contributed by atoms with Crippen LogP contribution in [0.1, 0.15) is 37.0 Å². The van der Waals surface area contributed by atoms with Crippen LogP contribution in [0.2, 0.25) is 0 Å². The highest BCUT2D eigenvalue weighted by molar-refractivity contribution is 6.09. The van der Waals surface area contributed by atoms with Crippen molar-refractivity contribution in [3.8, 4) is 5.75 Å². The third-order valence-corrected chi connectivity index (χ3v) is 7.73. The van der Waals surface area contributed by atoms with E-state index in [4.69, 9.17) is 9.47 Å². The minimum atomic E-state index is -1.00. The van der Waals surface area contributed by atoms with E-state index < -0.39 is 18.6 Å². The lowest BCUT2D eigenvalue weighted by Crippen LogP contribution is -2.47. The molecule has 33 heavy (non-hydrogen) atoms. The first kappa shape index (κ1) is 21.9. The van der Waals surface area contributed by atoms with Gasteiger partial charge in [0.05, 0.1) is 18.9 Å². The molecule has 0 radical (unpaired) electrons. The van der Waals surface area contributed by atoms with Crippen LogP contribution in [0.3, 0.4) is 0 Å². The highest BCUT2D eigenvalue weighted by atomic mass is 16.5. The number of esters is 1. The van der Waals surface area contributed by atoms with Crippen molar-refractivity contribution in [1.82, 2.24) is 4.90 Å². The number of allylic oxidation sites excluding steroid dienone is 2. The van der Waals surface area contributed by atoms with Crippen molar-refractivity contribution in [3.63, 3.8) is 0 Å². The predicted octanol–water partition coefficient (Wildman–Crippen LogP) is 2.89. The number of rotatable bonds is 8.